The largest absolute Gasteiger partial charge is 0.465 e. The summed E-state index contributed by atoms with van der Waals surface area (Å²) in [5, 5.41) is 3.56. The van der Waals surface area contributed by atoms with Crippen LogP contribution >= 0.6 is 0 Å². The molecule has 118 valence electrons. The molecule has 2 unspecified atom stereocenters. The molecule has 1 aliphatic carbocycles. The van der Waals surface area contributed by atoms with Gasteiger partial charge in [0.25, 0.3) is 0 Å². The van der Waals surface area contributed by atoms with Crippen molar-refractivity contribution in [3.05, 3.63) is 0 Å². The fourth-order valence-electron chi connectivity index (χ4n) is 3.44. The van der Waals surface area contributed by atoms with Crippen LogP contribution in [0.1, 0.15) is 53.4 Å². The van der Waals surface area contributed by atoms with Gasteiger partial charge in [0.1, 0.15) is 5.54 Å². The predicted octanol–water partition coefficient (Wildman–Crippen LogP) is 2.43. The van der Waals surface area contributed by atoms with Crippen LogP contribution in [0.15, 0.2) is 0 Å². The zero-order chi connectivity index (χ0) is 15.0. The summed E-state index contributed by atoms with van der Waals surface area (Å²) in [6.45, 7) is 12.8. The third-order valence-electron chi connectivity index (χ3n) is 4.72. The maximum absolute atomic E-state index is 12.5. The van der Waals surface area contributed by atoms with Gasteiger partial charge in [0.15, 0.2) is 0 Å². The van der Waals surface area contributed by atoms with E-state index in [0.717, 1.165) is 51.9 Å². The van der Waals surface area contributed by atoms with Crippen molar-refractivity contribution in [3.63, 3.8) is 0 Å². The summed E-state index contributed by atoms with van der Waals surface area (Å²) in [6, 6.07) is 0. The van der Waals surface area contributed by atoms with Gasteiger partial charge in [0.05, 0.1) is 6.61 Å². The minimum atomic E-state index is -0.433. The second-order valence-electron chi connectivity index (χ2n) is 5.64. The Morgan fingerprint density at radius 3 is 2.55 bits per heavy atom. The minimum absolute atomic E-state index is 0.0381. The number of likely N-dealkylation sites (N-methyl/N-ethyl adjacent to an activating group) is 1. The predicted molar refractivity (Wildman–Crippen MR) is 82.8 cm³/mol. The summed E-state index contributed by atoms with van der Waals surface area (Å²) in [5.41, 5.74) is -0.433. The molecule has 0 radical (unpaired) electrons. The molecule has 4 heteroatoms. The van der Waals surface area contributed by atoms with Gasteiger partial charge < -0.3 is 15.0 Å². The highest BCUT2D eigenvalue weighted by molar-refractivity contribution is 5.81. The average Bonchev–Trinajstić information content (AvgIpc) is 2.88. The first-order valence-corrected chi connectivity index (χ1v) is 8.29. The van der Waals surface area contributed by atoms with Gasteiger partial charge in [-0.05, 0) is 38.8 Å². The van der Waals surface area contributed by atoms with E-state index in [1.165, 1.54) is 0 Å². The Balaban J connectivity index is 2.66. The number of carbonyl (C=O) groups excluding carboxylic acids is 1. The van der Waals surface area contributed by atoms with Crippen LogP contribution in [0, 0.1) is 5.92 Å². The summed E-state index contributed by atoms with van der Waals surface area (Å²) in [7, 11) is 0. The number of carbonyl (C=O) groups is 1. The molecule has 0 aliphatic heterocycles. The first-order chi connectivity index (χ1) is 9.64. The quantitative estimate of drug-likeness (QED) is 0.660. The van der Waals surface area contributed by atoms with Gasteiger partial charge in [-0.2, -0.15) is 0 Å². The van der Waals surface area contributed by atoms with Gasteiger partial charge in [-0.25, -0.2) is 0 Å². The van der Waals surface area contributed by atoms with Crippen molar-refractivity contribution in [1.29, 1.82) is 0 Å². The highest BCUT2D eigenvalue weighted by Crippen LogP contribution is 2.38. The fourth-order valence-corrected chi connectivity index (χ4v) is 3.44. The van der Waals surface area contributed by atoms with Gasteiger partial charge in [0.2, 0.25) is 0 Å². The second-order valence-corrected chi connectivity index (χ2v) is 5.64. The molecule has 1 rings (SSSR count). The second kappa shape index (κ2) is 8.63. The van der Waals surface area contributed by atoms with Gasteiger partial charge in [-0.1, -0.05) is 33.6 Å². The van der Waals surface area contributed by atoms with E-state index in [2.05, 4.69) is 31.0 Å². The number of nitrogens with zero attached hydrogens (tertiary/aromatic N) is 1. The maximum Gasteiger partial charge on any atom is 0.326 e. The molecule has 1 saturated carbocycles. The molecule has 0 aromatic heterocycles. The van der Waals surface area contributed by atoms with E-state index in [0.29, 0.717) is 12.5 Å². The lowest BCUT2D eigenvalue weighted by atomic mass is 9.85. The number of esters is 1. The lowest BCUT2D eigenvalue weighted by Crippen LogP contribution is -2.57. The molecule has 0 bridgehead atoms. The number of hydrogen-bond donors (Lipinski definition) is 1. The molecule has 2 atom stereocenters. The smallest absolute Gasteiger partial charge is 0.326 e. The minimum Gasteiger partial charge on any atom is -0.465 e. The van der Waals surface area contributed by atoms with Gasteiger partial charge >= 0.3 is 5.97 Å². The number of hydrogen-bond acceptors (Lipinski definition) is 4. The van der Waals surface area contributed by atoms with E-state index >= 15 is 0 Å². The van der Waals surface area contributed by atoms with E-state index in [4.69, 9.17) is 4.74 Å². The molecule has 0 amide bonds. The molecule has 1 fully saturated rings. The van der Waals surface area contributed by atoms with Crippen molar-refractivity contribution in [2.45, 2.75) is 58.9 Å². The first kappa shape index (κ1) is 17.4. The summed E-state index contributed by atoms with van der Waals surface area (Å²) in [6.07, 6.45) is 4.21. The van der Waals surface area contributed by atoms with Crippen LogP contribution in [-0.2, 0) is 9.53 Å². The van der Waals surface area contributed by atoms with Crippen LogP contribution in [0.4, 0.5) is 0 Å². The van der Waals surface area contributed by atoms with Gasteiger partial charge in [0, 0.05) is 13.1 Å². The number of ether oxygens (including phenoxy) is 1. The van der Waals surface area contributed by atoms with Crippen LogP contribution in [0.25, 0.3) is 0 Å². The number of rotatable bonds is 9. The molecule has 1 N–H and O–H groups in total. The van der Waals surface area contributed by atoms with E-state index in [9.17, 15) is 4.79 Å². The Morgan fingerprint density at radius 1 is 1.30 bits per heavy atom. The molecule has 1 aliphatic rings. The lowest BCUT2D eigenvalue weighted by Gasteiger charge is -2.34. The third-order valence-corrected chi connectivity index (χ3v) is 4.72. The van der Waals surface area contributed by atoms with E-state index in [1.54, 1.807) is 0 Å². The van der Waals surface area contributed by atoms with Crippen LogP contribution in [-0.4, -0.2) is 49.2 Å². The molecule has 0 aromatic carbocycles. The molecular formula is C16H32N2O2. The van der Waals surface area contributed by atoms with Crippen molar-refractivity contribution < 1.29 is 9.53 Å². The molecule has 0 spiro atoms. The average molecular weight is 284 g/mol. The Hall–Kier alpha value is -0.610. The van der Waals surface area contributed by atoms with Crippen LogP contribution < -0.4 is 5.32 Å². The maximum atomic E-state index is 12.5. The third kappa shape index (κ3) is 3.95. The van der Waals surface area contributed by atoms with E-state index in [1.807, 2.05) is 6.92 Å². The summed E-state index contributed by atoms with van der Waals surface area (Å²) in [4.78, 5) is 14.8. The van der Waals surface area contributed by atoms with Crippen molar-refractivity contribution in [2.24, 2.45) is 5.92 Å². The SMILES string of the molecule is CCOC(=O)C1(NCCN(CC)CC)CCCC1CC. The monoisotopic (exact) mass is 284 g/mol. The molecular weight excluding hydrogens is 252 g/mol. The van der Waals surface area contributed by atoms with Gasteiger partial charge in [-0.3, -0.25) is 4.79 Å². The molecule has 0 heterocycles. The van der Waals surface area contributed by atoms with Crippen molar-refractivity contribution in [1.82, 2.24) is 10.2 Å². The lowest BCUT2D eigenvalue weighted by molar-refractivity contribution is -0.153. The van der Waals surface area contributed by atoms with Crippen molar-refractivity contribution in [3.8, 4) is 0 Å². The Bertz CT molecular complexity index is 292. The van der Waals surface area contributed by atoms with E-state index in [-0.39, 0.29) is 5.97 Å². The van der Waals surface area contributed by atoms with Crippen molar-refractivity contribution in [2.75, 3.05) is 32.8 Å². The normalized spacial score (nSPS) is 26.1. The zero-order valence-electron chi connectivity index (χ0n) is 13.7. The highest BCUT2D eigenvalue weighted by Gasteiger charge is 2.48. The molecule has 4 nitrogen and oxygen atoms in total. The summed E-state index contributed by atoms with van der Waals surface area (Å²) >= 11 is 0. The fraction of sp³-hybridized carbons (Fsp3) is 0.938. The Labute approximate surface area is 124 Å². The van der Waals surface area contributed by atoms with Gasteiger partial charge in [-0.15, -0.1) is 0 Å². The first-order valence-electron chi connectivity index (χ1n) is 8.29. The zero-order valence-corrected chi connectivity index (χ0v) is 13.7. The molecule has 20 heavy (non-hydrogen) atoms. The molecule has 0 saturated heterocycles. The van der Waals surface area contributed by atoms with Crippen LogP contribution in [0.3, 0.4) is 0 Å². The summed E-state index contributed by atoms with van der Waals surface area (Å²) in [5.74, 6) is 0.377. The van der Waals surface area contributed by atoms with Crippen molar-refractivity contribution >= 4 is 5.97 Å². The topological polar surface area (TPSA) is 41.6 Å². The van der Waals surface area contributed by atoms with E-state index < -0.39 is 5.54 Å². The highest BCUT2D eigenvalue weighted by atomic mass is 16.5. The van der Waals surface area contributed by atoms with Crippen LogP contribution in [0.5, 0.6) is 0 Å². The number of nitrogens with one attached hydrogen (secondary N) is 1. The Morgan fingerprint density at radius 2 is 2.00 bits per heavy atom. The standard InChI is InChI=1S/C16H32N2O2/c1-5-14-10-9-11-16(14,15(19)20-8-4)17-12-13-18(6-2)7-3/h14,17H,5-13H2,1-4H3. The molecule has 0 aromatic rings. The van der Waals surface area contributed by atoms with Crippen LogP contribution in [0.2, 0.25) is 0 Å². The Kier molecular flexibility index (Phi) is 7.52. The summed E-state index contributed by atoms with van der Waals surface area (Å²) < 4.78 is 5.36.